The standard InChI is InChI=1S/C17H12F3N3O4S/c1-26-10-5-6-11-12(8-10)15(13-4-2-3-7-22-13)14(9-21)23-16(11)27-28(24,25)17(18,19)20/h2-8,16,23H,1H3. The number of methoxy groups -OCH3 is 1. The van der Waals surface area contributed by atoms with E-state index in [0.29, 0.717) is 11.4 Å². The number of hydrogen-bond donors (Lipinski definition) is 1. The van der Waals surface area contributed by atoms with E-state index in [9.17, 15) is 26.9 Å². The Labute approximate surface area is 158 Å². The van der Waals surface area contributed by atoms with Crippen LogP contribution in [-0.2, 0) is 14.3 Å². The van der Waals surface area contributed by atoms with Gasteiger partial charge in [-0.05, 0) is 29.8 Å². The van der Waals surface area contributed by atoms with Crippen molar-refractivity contribution < 1.29 is 30.5 Å². The summed E-state index contributed by atoms with van der Waals surface area (Å²) < 4.78 is 70.7. The van der Waals surface area contributed by atoms with Crippen molar-refractivity contribution in [3.63, 3.8) is 0 Å². The third-order valence-electron chi connectivity index (χ3n) is 3.88. The van der Waals surface area contributed by atoms with Crippen LogP contribution in [-0.4, -0.2) is 26.0 Å². The van der Waals surface area contributed by atoms with Crippen LogP contribution in [0.15, 0.2) is 48.3 Å². The molecule has 0 aliphatic carbocycles. The maximum atomic E-state index is 12.8. The number of nitriles is 1. The first kappa shape index (κ1) is 19.7. The van der Waals surface area contributed by atoms with Crippen molar-refractivity contribution in [1.82, 2.24) is 10.3 Å². The number of rotatable bonds is 4. The predicted molar refractivity (Wildman–Crippen MR) is 90.8 cm³/mol. The first-order valence-corrected chi connectivity index (χ1v) is 9.09. The van der Waals surface area contributed by atoms with E-state index in [-0.39, 0.29) is 22.4 Å². The second-order valence-electron chi connectivity index (χ2n) is 5.55. The number of hydrogen-bond acceptors (Lipinski definition) is 7. The molecule has 28 heavy (non-hydrogen) atoms. The average Bonchev–Trinajstić information content (AvgIpc) is 2.66. The molecule has 0 bridgehead atoms. The van der Waals surface area contributed by atoms with E-state index in [2.05, 4.69) is 14.5 Å². The van der Waals surface area contributed by atoms with Gasteiger partial charge in [-0.15, -0.1) is 0 Å². The molecule has 1 atom stereocenters. The summed E-state index contributed by atoms with van der Waals surface area (Å²) in [5.41, 5.74) is -4.83. The number of halogens is 3. The molecule has 1 N–H and O–H groups in total. The second-order valence-corrected chi connectivity index (χ2v) is 7.11. The summed E-state index contributed by atoms with van der Waals surface area (Å²) in [6.45, 7) is 0. The van der Waals surface area contributed by atoms with Crippen molar-refractivity contribution in [3.8, 4) is 11.8 Å². The maximum absolute atomic E-state index is 12.8. The van der Waals surface area contributed by atoms with Crippen LogP contribution in [0, 0.1) is 11.3 Å². The van der Waals surface area contributed by atoms with Crippen LogP contribution in [0.3, 0.4) is 0 Å². The summed E-state index contributed by atoms with van der Waals surface area (Å²) in [6.07, 6.45) is -0.275. The highest BCUT2D eigenvalue weighted by molar-refractivity contribution is 7.87. The molecule has 0 spiro atoms. The first-order valence-electron chi connectivity index (χ1n) is 7.68. The molecule has 146 valence electrons. The van der Waals surface area contributed by atoms with E-state index in [1.165, 1.54) is 31.5 Å². The van der Waals surface area contributed by atoms with E-state index in [4.69, 9.17) is 4.74 Å². The lowest BCUT2D eigenvalue weighted by molar-refractivity contribution is -0.0584. The summed E-state index contributed by atoms with van der Waals surface area (Å²) >= 11 is 0. The molecule has 0 fully saturated rings. The Balaban J connectivity index is 2.19. The summed E-state index contributed by atoms with van der Waals surface area (Å²) in [4.78, 5) is 4.16. The van der Waals surface area contributed by atoms with Gasteiger partial charge in [0.25, 0.3) is 0 Å². The average molecular weight is 411 g/mol. The lowest BCUT2D eigenvalue weighted by Gasteiger charge is -2.29. The van der Waals surface area contributed by atoms with Crippen molar-refractivity contribution in [2.24, 2.45) is 0 Å². The fraction of sp³-hybridized carbons (Fsp3) is 0.176. The molecule has 11 heteroatoms. The fourth-order valence-electron chi connectivity index (χ4n) is 2.65. The minimum absolute atomic E-state index is 0.0771. The van der Waals surface area contributed by atoms with Crippen LogP contribution in [0.4, 0.5) is 13.2 Å². The van der Waals surface area contributed by atoms with E-state index in [0.717, 1.165) is 0 Å². The highest BCUT2D eigenvalue weighted by Gasteiger charge is 2.49. The topological polar surface area (TPSA) is 101 Å². The number of nitrogens with one attached hydrogen (secondary N) is 1. The van der Waals surface area contributed by atoms with Gasteiger partial charge in [0.2, 0.25) is 0 Å². The minimum atomic E-state index is -5.91. The van der Waals surface area contributed by atoms with Crippen molar-refractivity contribution in [1.29, 1.82) is 5.26 Å². The Morgan fingerprint density at radius 1 is 1.25 bits per heavy atom. The number of aromatic nitrogens is 1. The third kappa shape index (κ3) is 3.51. The quantitative estimate of drug-likeness (QED) is 0.610. The summed E-state index contributed by atoms with van der Waals surface area (Å²) in [7, 11) is -4.52. The molecule has 1 aliphatic rings. The SMILES string of the molecule is COc1ccc2c(c1)C(c1ccccn1)=C(C#N)NC2OS(=O)(=O)C(F)(F)F. The van der Waals surface area contributed by atoms with Crippen molar-refractivity contribution in [2.75, 3.05) is 7.11 Å². The van der Waals surface area contributed by atoms with E-state index in [1.54, 1.807) is 18.2 Å². The summed E-state index contributed by atoms with van der Waals surface area (Å²) in [5.74, 6) is 0.351. The number of benzene rings is 1. The molecule has 0 radical (unpaired) electrons. The van der Waals surface area contributed by atoms with Crippen molar-refractivity contribution in [2.45, 2.75) is 11.7 Å². The number of allylic oxidation sites excluding steroid dienone is 1. The molecule has 0 saturated heterocycles. The van der Waals surface area contributed by atoms with Gasteiger partial charge in [-0.3, -0.25) is 4.98 Å². The first-order chi connectivity index (χ1) is 13.2. The van der Waals surface area contributed by atoms with Crippen molar-refractivity contribution in [3.05, 3.63) is 65.1 Å². The number of alkyl halides is 3. The number of ether oxygens (including phenoxy) is 1. The highest BCUT2D eigenvalue weighted by atomic mass is 32.2. The molecule has 7 nitrogen and oxygen atoms in total. The highest BCUT2D eigenvalue weighted by Crippen LogP contribution is 2.40. The maximum Gasteiger partial charge on any atom is 0.523 e. The van der Waals surface area contributed by atoms with Crippen LogP contribution >= 0.6 is 0 Å². The minimum Gasteiger partial charge on any atom is -0.497 e. The lowest BCUT2D eigenvalue weighted by atomic mass is 9.91. The van der Waals surface area contributed by atoms with E-state index >= 15 is 0 Å². The molecule has 2 aromatic rings. The molecular weight excluding hydrogens is 399 g/mol. The van der Waals surface area contributed by atoms with Crippen LogP contribution in [0.1, 0.15) is 23.0 Å². The van der Waals surface area contributed by atoms with E-state index < -0.39 is 21.9 Å². The molecule has 1 aromatic carbocycles. The summed E-state index contributed by atoms with van der Waals surface area (Å²) in [6, 6.07) is 11.0. The Kier molecular flexibility index (Phi) is 5.01. The van der Waals surface area contributed by atoms with Crippen LogP contribution < -0.4 is 10.1 Å². The zero-order valence-electron chi connectivity index (χ0n) is 14.2. The van der Waals surface area contributed by atoms with Gasteiger partial charge >= 0.3 is 15.6 Å². The molecule has 1 unspecified atom stereocenters. The molecule has 1 aromatic heterocycles. The Hall–Kier alpha value is -3.10. The van der Waals surface area contributed by atoms with Gasteiger partial charge in [0.15, 0.2) is 6.23 Å². The Morgan fingerprint density at radius 3 is 2.57 bits per heavy atom. The smallest absolute Gasteiger partial charge is 0.497 e. The van der Waals surface area contributed by atoms with Gasteiger partial charge in [0.05, 0.1) is 12.8 Å². The van der Waals surface area contributed by atoms with Gasteiger partial charge in [-0.2, -0.15) is 26.9 Å². The van der Waals surface area contributed by atoms with Gasteiger partial charge in [0.1, 0.15) is 17.5 Å². The van der Waals surface area contributed by atoms with Gasteiger partial charge in [-0.1, -0.05) is 12.1 Å². The second kappa shape index (κ2) is 7.14. The lowest BCUT2D eigenvalue weighted by Crippen LogP contribution is -2.35. The van der Waals surface area contributed by atoms with Gasteiger partial charge in [0, 0.05) is 17.3 Å². The van der Waals surface area contributed by atoms with Crippen LogP contribution in [0.25, 0.3) is 5.57 Å². The molecular formula is C17H12F3N3O4S. The number of nitrogens with zero attached hydrogens (tertiary/aromatic N) is 2. The largest absolute Gasteiger partial charge is 0.523 e. The number of pyridine rings is 1. The predicted octanol–water partition coefficient (Wildman–Crippen LogP) is 2.84. The molecule has 0 saturated carbocycles. The van der Waals surface area contributed by atoms with Crippen molar-refractivity contribution >= 4 is 15.7 Å². The van der Waals surface area contributed by atoms with Crippen LogP contribution in [0.5, 0.6) is 5.75 Å². The van der Waals surface area contributed by atoms with Gasteiger partial charge in [-0.25, -0.2) is 4.18 Å². The monoisotopic (exact) mass is 411 g/mol. The zero-order valence-corrected chi connectivity index (χ0v) is 15.0. The fourth-order valence-corrected chi connectivity index (χ4v) is 3.16. The van der Waals surface area contributed by atoms with E-state index in [1.807, 2.05) is 6.07 Å². The van der Waals surface area contributed by atoms with Crippen LogP contribution in [0.2, 0.25) is 0 Å². The Morgan fingerprint density at radius 2 is 2.00 bits per heavy atom. The molecule has 2 heterocycles. The third-order valence-corrected chi connectivity index (χ3v) is 4.89. The molecule has 3 rings (SSSR count). The normalized spacial score (nSPS) is 16.8. The number of fused-ring (bicyclic) bond motifs is 1. The molecule has 1 aliphatic heterocycles. The van der Waals surface area contributed by atoms with Gasteiger partial charge < -0.3 is 10.1 Å². The zero-order chi connectivity index (χ0) is 20.5. The summed E-state index contributed by atoms with van der Waals surface area (Å²) in [5, 5.41) is 11.9. The Bertz CT molecular complexity index is 1080. The molecule has 0 amide bonds.